The fourth-order valence-corrected chi connectivity index (χ4v) is 4.46. The fourth-order valence-electron chi connectivity index (χ4n) is 3.25. The van der Waals surface area contributed by atoms with Crippen molar-refractivity contribution in [3.05, 3.63) is 50.3 Å². The van der Waals surface area contributed by atoms with Gasteiger partial charge in [-0.15, -0.1) is 11.3 Å². The lowest BCUT2D eigenvalue weighted by Gasteiger charge is -2.18. The Morgan fingerprint density at radius 2 is 2.06 bits per heavy atom. The van der Waals surface area contributed by atoms with Crippen LogP contribution in [0.2, 0.25) is 5.02 Å². The Balaban J connectivity index is 2.01. The Kier molecular flexibility index (Phi) is 6.97. The van der Waals surface area contributed by atoms with Crippen molar-refractivity contribution < 1.29 is 19.1 Å². The molecule has 8 nitrogen and oxygen atoms in total. The van der Waals surface area contributed by atoms with E-state index in [0.717, 1.165) is 11.3 Å². The van der Waals surface area contributed by atoms with E-state index >= 15 is 0 Å². The molecule has 3 aromatic rings. The molecule has 0 saturated heterocycles. The Morgan fingerprint density at radius 3 is 2.71 bits per heavy atom. The van der Waals surface area contributed by atoms with Crippen LogP contribution in [-0.2, 0) is 9.53 Å². The number of fused-ring (bicyclic) bond motifs is 1. The number of hydrogen-bond donors (Lipinski definition) is 1. The van der Waals surface area contributed by atoms with Gasteiger partial charge in [0.25, 0.3) is 5.56 Å². The van der Waals surface area contributed by atoms with Gasteiger partial charge in [0.1, 0.15) is 21.5 Å². The number of esters is 1. The van der Waals surface area contributed by atoms with Crippen molar-refractivity contribution in [2.24, 2.45) is 0 Å². The Hall–Kier alpha value is -2.91. The number of carbonyl (C=O) groups is 2. The molecule has 0 aliphatic carbocycles. The molecule has 1 aromatic carbocycles. The van der Waals surface area contributed by atoms with Gasteiger partial charge in [-0.25, -0.2) is 9.78 Å². The number of carbonyl (C=O) groups excluding carboxylic acids is 2. The maximum atomic E-state index is 13.2. The summed E-state index contributed by atoms with van der Waals surface area (Å²) in [7, 11) is 1.49. The van der Waals surface area contributed by atoms with Crippen molar-refractivity contribution in [1.82, 2.24) is 9.55 Å². The number of benzene rings is 1. The zero-order valence-corrected chi connectivity index (χ0v) is 19.1. The normalized spacial score (nSPS) is 11.9. The van der Waals surface area contributed by atoms with Crippen molar-refractivity contribution in [3.63, 3.8) is 0 Å². The summed E-state index contributed by atoms with van der Waals surface area (Å²) in [6, 6.07) is 4.04. The quantitative estimate of drug-likeness (QED) is 0.527. The number of aryl methyl sites for hydroxylation is 1. The molecule has 2 aromatic heterocycles. The van der Waals surface area contributed by atoms with Crippen LogP contribution in [0.4, 0.5) is 5.69 Å². The van der Waals surface area contributed by atoms with E-state index in [1.807, 2.05) is 0 Å². The molecule has 3 rings (SSSR count). The summed E-state index contributed by atoms with van der Waals surface area (Å²) in [5.41, 5.74) is 0.503. The minimum absolute atomic E-state index is 0.231. The average Bonchev–Trinajstić information content (AvgIpc) is 3.08. The van der Waals surface area contributed by atoms with E-state index < -0.39 is 23.5 Å². The summed E-state index contributed by atoms with van der Waals surface area (Å²) in [6.07, 6.45) is 1.67. The van der Waals surface area contributed by atoms with Crippen LogP contribution >= 0.6 is 22.9 Å². The summed E-state index contributed by atoms with van der Waals surface area (Å²) in [5.74, 6) is -0.460. The lowest BCUT2D eigenvalue weighted by Crippen LogP contribution is -2.33. The van der Waals surface area contributed by atoms with Gasteiger partial charge in [-0.2, -0.15) is 0 Å². The van der Waals surface area contributed by atoms with Crippen LogP contribution in [0.25, 0.3) is 10.2 Å². The summed E-state index contributed by atoms with van der Waals surface area (Å²) >= 11 is 7.14. The third-order valence-corrected chi connectivity index (χ3v) is 6.20. The van der Waals surface area contributed by atoms with Crippen molar-refractivity contribution >= 4 is 50.7 Å². The molecule has 0 saturated carbocycles. The molecule has 0 aliphatic rings. The maximum absolute atomic E-state index is 13.2. The number of ether oxygens (including phenoxy) is 2. The van der Waals surface area contributed by atoms with E-state index in [1.165, 1.54) is 18.0 Å². The highest BCUT2D eigenvalue weighted by atomic mass is 35.5. The molecular weight excluding hydrogens is 442 g/mol. The van der Waals surface area contributed by atoms with Crippen LogP contribution in [0.15, 0.2) is 29.3 Å². The number of amides is 1. The second-order valence-electron chi connectivity index (χ2n) is 6.67. The van der Waals surface area contributed by atoms with Crippen LogP contribution in [0, 0.1) is 6.92 Å². The van der Waals surface area contributed by atoms with Gasteiger partial charge < -0.3 is 14.8 Å². The van der Waals surface area contributed by atoms with Gasteiger partial charge in [-0.05, 0) is 44.0 Å². The van der Waals surface area contributed by atoms with Crippen molar-refractivity contribution in [1.29, 1.82) is 0 Å². The first-order chi connectivity index (χ1) is 14.8. The molecule has 0 aliphatic heterocycles. The Morgan fingerprint density at radius 1 is 1.32 bits per heavy atom. The van der Waals surface area contributed by atoms with Crippen molar-refractivity contribution in [3.8, 4) is 5.75 Å². The predicted molar refractivity (Wildman–Crippen MR) is 121 cm³/mol. The number of anilines is 1. The van der Waals surface area contributed by atoms with E-state index in [4.69, 9.17) is 21.1 Å². The maximum Gasteiger partial charge on any atom is 0.348 e. The molecule has 164 valence electrons. The van der Waals surface area contributed by atoms with E-state index in [-0.39, 0.29) is 6.61 Å². The average molecular weight is 464 g/mol. The van der Waals surface area contributed by atoms with Crippen molar-refractivity contribution in [2.75, 3.05) is 19.0 Å². The molecule has 0 bridgehead atoms. The van der Waals surface area contributed by atoms with E-state index in [1.54, 1.807) is 39.0 Å². The molecule has 10 heteroatoms. The largest absolute Gasteiger partial charge is 0.495 e. The highest BCUT2D eigenvalue weighted by molar-refractivity contribution is 7.20. The van der Waals surface area contributed by atoms with Crippen LogP contribution in [0.3, 0.4) is 0 Å². The number of aromatic nitrogens is 2. The SMILES string of the molecule is CCOC(=O)c1sc2ncn(C(CC)C(=O)Nc3cc(Cl)ccc3OC)c(=O)c2c1C. The van der Waals surface area contributed by atoms with Gasteiger partial charge in [0.05, 0.1) is 31.1 Å². The monoisotopic (exact) mass is 463 g/mol. The predicted octanol–water partition coefficient (Wildman–Crippen LogP) is 4.19. The zero-order valence-electron chi connectivity index (χ0n) is 17.5. The van der Waals surface area contributed by atoms with Crippen LogP contribution < -0.4 is 15.6 Å². The van der Waals surface area contributed by atoms with Crippen molar-refractivity contribution in [2.45, 2.75) is 33.2 Å². The van der Waals surface area contributed by atoms with Gasteiger partial charge in [-0.3, -0.25) is 14.2 Å². The van der Waals surface area contributed by atoms with Gasteiger partial charge in [0.15, 0.2) is 0 Å². The summed E-state index contributed by atoms with van der Waals surface area (Å²) in [5, 5.41) is 3.52. The van der Waals surface area contributed by atoms with E-state index in [9.17, 15) is 14.4 Å². The lowest BCUT2D eigenvalue weighted by atomic mass is 10.1. The first kappa shape index (κ1) is 22.8. The standard InChI is InChI=1S/C21H22ClN3O5S/c1-5-14(18(26)24-13-9-12(22)7-8-15(13)29-4)25-10-23-19-16(20(25)27)11(3)17(31-19)21(28)30-6-2/h7-10,14H,5-6H2,1-4H3,(H,24,26). The Labute approximate surface area is 187 Å². The van der Waals surface area contributed by atoms with E-state index in [0.29, 0.717) is 43.5 Å². The molecule has 0 radical (unpaired) electrons. The summed E-state index contributed by atoms with van der Waals surface area (Å²) in [6.45, 7) is 5.41. The third-order valence-electron chi connectivity index (χ3n) is 4.78. The molecule has 2 heterocycles. The number of methoxy groups -OCH3 is 1. The molecule has 31 heavy (non-hydrogen) atoms. The molecular formula is C21H22ClN3O5S. The molecule has 1 amide bonds. The van der Waals surface area contributed by atoms with Gasteiger partial charge in [0.2, 0.25) is 5.91 Å². The van der Waals surface area contributed by atoms with Crippen LogP contribution in [-0.4, -0.2) is 35.1 Å². The highest BCUT2D eigenvalue weighted by Crippen LogP contribution is 2.30. The first-order valence-corrected chi connectivity index (χ1v) is 10.8. The van der Waals surface area contributed by atoms with Gasteiger partial charge in [-0.1, -0.05) is 18.5 Å². The highest BCUT2D eigenvalue weighted by Gasteiger charge is 2.25. The summed E-state index contributed by atoms with van der Waals surface area (Å²) < 4.78 is 11.6. The topological polar surface area (TPSA) is 99.5 Å². The third kappa shape index (κ3) is 4.42. The second kappa shape index (κ2) is 9.49. The number of nitrogens with one attached hydrogen (secondary N) is 1. The number of rotatable bonds is 7. The van der Waals surface area contributed by atoms with Gasteiger partial charge in [0, 0.05) is 5.02 Å². The molecule has 1 N–H and O–H groups in total. The Bertz CT molecular complexity index is 1200. The first-order valence-electron chi connectivity index (χ1n) is 9.64. The van der Waals surface area contributed by atoms with Crippen LogP contribution in [0.1, 0.15) is 41.5 Å². The van der Waals surface area contributed by atoms with Gasteiger partial charge >= 0.3 is 5.97 Å². The minimum Gasteiger partial charge on any atom is -0.495 e. The fraction of sp³-hybridized carbons (Fsp3) is 0.333. The molecule has 1 atom stereocenters. The summed E-state index contributed by atoms with van der Waals surface area (Å²) in [4.78, 5) is 43.5. The minimum atomic E-state index is -0.821. The van der Waals surface area contributed by atoms with E-state index in [2.05, 4.69) is 10.3 Å². The number of thiophene rings is 1. The number of nitrogens with zero attached hydrogens (tertiary/aromatic N) is 2. The zero-order chi connectivity index (χ0) is 22.7. The molecule has 0 spiro atoms. The number of hydrogen-bond acceptors (Lipinski definition) is 7. The lowest BCUT2D eigenvalue weighted by molar-refractivity contribution is -0.119. The molecule has 0 fully saturated rings. The van der Waals surface area contributed by atoms with Crippen LogP contribution in [0.5, 0.6) is 5.75 Å². The second-order valence-corrected chi connectivity index (χ2v) is 8.11. The number of halogens is 1. The smallest absolute Gasteiger partial charge is 0.348 e. The molecule has 1 unspecified atom stereocenters.